The number of allylic oxidation sites excluding steroid dienone is 7. The molecule has 0 saturated heterocycles. The normalized spacial score (nSPS) is 14.3. The second-order valence-electron chi connectivity index (χ2n) is 11.6. The van der Waals surface area contributed by atoms with Gasteiger partial charge in [0.05, 0.1) is 5.75 Å². The van der Waals surface area contributed by atoms with Gasteiger partial charge in [0.25, 0.3) is 0 Å². The summed E-state index contributed by atoms with van der Waals surface area (Å²) in [6, 6.07) is 18.5. The van der Waals surface area contributed by atoms with Crippen LogP contribution in [0.4, 0.5) is 11.4 Å². The fourth-order valence-corrected chi connectivity index (χ4v) is 7.53. The lowest BCUT2D eigenvalue weighted by Crippen LogP contribution is -2.30. The quantitative estimate of drug-likeness (QED) is 0.101. The minimum absolute atomic E-state index is 0.149. The van der Waals surface area contributed by atoms with Crippen molar-refractivity contribution in [2.75, 3.05) is 73.1 Å². The van der Waals surface area contributed by atoms with Crippen LogP contribution in [0.3, 0.4) is 0 Å². The van der Waals surface area contributed by atoms with Crippen molar-refractivity contribution in [3.63, 3.8) is 0 Å². The summed E-state index contributed by atoms with van der Waals surface area (Å²) in [7, 11) is 4.25. The van der Waals surface area contributed by atoms with Gasteiger partial charge in [0.15, 0.2) is 18.0 Å². The SMILES string of the molecule is CCCCN(CCCC)c1ccc(C2=C([O-])C(=C3C=CC(=[N+](C)CCSCCSCCN(C)c4ccccc4)C=C3)C2=O)cc1. The Morgan fingerprint density at radius 2 is 1.36 bits per heavy atom. The number of nitrogens with zero attached hydrogens (tertiary/aromatic N) is 3. The number of hydrogen-bond donors (Lipinski definition) is 0. The number of unbranched alkanes of at least 4 members (excludes halogenated alkanes) is 2. The molecular weight excluding hydrogens is 595 g/mol. The molecule has 0 atom stereocenters. The molecule has 0 unspecified atom stereocenters. The molecule has 45 heavy (non-hydrogen) atoms. The molecule has 2 aromatic carbocycles. The first kappa shape index (κ1) is 34.7. The van der Waals surface area contributed by atoms with Crippen molar-refractivity contribution in [3.8, 4) is 0 Å². The molecule has 240 valence electrons. The van der Waals surface area contributed by atoms with Crippen LogP contribution in [-0.4, -0.2) is 79.4 Å². The number of carbonyl (C=O) groups excluding carboxylic acids is 1. The summed E-state index contributed by atoms with van der Waals surface area (Å²) in [5.41, 5.74) is 5.55. The summed E-state index contributed by atoms with van der Waals surface area (Å²) in [6.45, 7) is 8.47. The van der Waals surface area contributed by atoms with E-state index in [0.717, 1.165) is 91.8 Å². The predicted molar refractivity (Wildman–Crippen MR) is 196 cm³/mol. The van der Waals surface area contributed by atoms with Crippen LogP contribution < -0.4 is 14.9 Å². The number of rotatable bonds is 18. The number of ketones is 1. The van der Waals surface area contributed by atoms with Gasteiger partial charge in [-0.3, -0.25) is 4.79 Å². The Hall–Kier alpha value is -3.16. The second kappa shape index (κ2) is 18.1. The molecular formula is C38H49N3O2S2. The second-order valence-corrected chi connectivity index (χ2v) is 14.0. The lowest BCUT2D eigenvalue weighted by molar-refractivity contribution is -0.490. The lowest BCUT2D eigenvalue weighted by atomic mass is 9.80. The van der Waals surface area contributed by atoms with E-state index in [1.165, 1.54) is 5.69 Å². The van der Waals surface area contributed by atoms with E-state index in [1.807, 2.05) is 60.0 Å². The fourth-order valence-electron chi connectivity index (χ4n) is 5.37. The lowest BCUT2D eigenvalue weighted by Gasteiger charge is -2.32. The Labute approximate surface area is 279 Å². The number of anilines is 2. The molecule has 0 radical (unpaired) electrons. The highest BCUT2D eigenvalue weighted by atomic mass is 32.2. The third-order valence-corrected chi connectivity index (χ3v) is 10.5. The molecule has 0 N–H and O–H groups in total. The smallest absolute Gasteiger partial charge is 0.199 e. The van der Waals surface area contributed by atoms with E-state index in [-0.39, 0.29) is 11.5 Å². The van der Waals surface area contributed by atoms with E-state index >= 15 is 0 Å². The maximum atomic E-state index is 13.1. The molecule has 2 aliphatic rings. The van der Waals surface area contributed by atoms with Gasteiger partial charge in [-0.1, -0.05) is 62.8 Å². The van der Waals surface area contributed by atoms with Crippen molar-refractivity contribution in [1.82, 2.24) is 0 Å². The first-order chi connectivity index (χ1) is 21.9. The molecule has 0 aliphatic heterocycles. The minimum atomic E-state index is -0.149. The number of hydrogen-bond acceptors (Lipinski definition) is 6. The number of para-hydroxylation sites is 1. The highest BCUT2D eigenvalue weighted by molar-refractivity contribution is 8.02. The van der Waals surface area contributed by atoms with Crippen LogP contribution in [0.2, 0.25) is 0 Å². The number of thioether (sulfide) groups is 2. The van der Waals surface area contributed by atoms with Gasteiger partial charge in [0.1, 0.15) is 7.05 Å². The Balaban J connectivity index is 1.24. The third kappa shape index (κ3) is 9.67. The van der Waals surface area contributed by atoms with Crippen LogP contribution in [0.1, 0.15) is 45.1 Å². The van der Waals surface area contributed by atoms with E-state index < -0.39 is 0 Å². The molecule has 2 aromatic rings. The zero-order chi connectivity index (χ0) is 32.0. The van der Waals surface area contributed by atoms with Crippen LogP contribution in [-0.2, 0) is 4.79 Å². The van der Waals surface area contributed by atoms with E-state index in [9.17, 15) is 9.90 Å². The Kier molecular flexibility index (Phi) is 14.0. The summed E-state index contributed by atoms with van der Waals surface area (Å²) in [5.74, 6) is 4.19. The average molecular weight is 644 g/mol. The topological polar surface area (TPSA) is 49.6 Å². The van der Waals surface area contributed by atoms with Crippen molar-refractivity contribution in [2.45, 2.75) is 39.5 Å². The Bertz CT molecular complexity index is 1400. The summed E-state index contributed by atoms with van der Waals surface area (Å²) < 4.78 is 2.23. The van der Waals surface area contributed by atoms with Crippen molar-refractivity contribution >= 4 is 52.0 Å². The molecule has 2 aliphatic carbocycles. The zero-order valence-corrected chi connectivity index (χ0v) is 29.1. The van der Waals surface area contributed by atoms with Crippen molar-refractivity contribution in [3.05, 3.63) is 101 Å². The minimum Gasteiger partial charge on any atom is -0.871 e. The van der Waals surface area contributed by atoms with Crippen molar-refractivity contribution in [2.24, 2.45) is 0 Å². The molecule has 0 spiro atoms. The summed E-state index contributed by atoms with van der Waals surface area (Å²) in [5, 5.41) is 13.1. The molecule has 0 aromatic heterocycles. The molecule has 0 fully saturated rings. The van der Waals surface area contributed by atoms with Crippen LogP contribution in [0, 0.1) is 0 Å². The van der Waals surface area contributed by atoms with E-state index in [2.05, 4.69) is 84.8 Å². The van der Waals surface area contributed by atoms with Crippen LogP contribution in [0.25, 0.3) is 5.57 Å². The van der Waals surface area contributed by atoms with Gasteiger partial charge in [0.2, 0.25) is 0 Å². The molecule has 0 heterocycles. The maximum absolute atomic E-state index is 13.1. The van der Waals surface area contributed by atoms with Gasteiger partial charge in [0, 0.05) is 78.6 Å². The number of carbonyl (C=O) groups is 1. The Morgan fingerprint density at radius 1 is 0.733 bits per heavy atom. The average Bonchev–Trinajstić information content (AvgIpc) is 3.07. The summed E-state index contributed by atoms with van der Waals surface area (Å²) in [4.78, 5) is 17.9. The van der Waals surface area contributed by atoms with Gasteiger partial charge in [-0.25, -0.2) is 4.58 Å². The van der Waals surface area contributed by atoms with Crippen molar-refractivity contribution in [1.29, 1.82) is 0 Å². The van der Waals surface area contributed by atoms with Crippen LogP contribution in [0.5, 0.6) is 0 Å². The summed E-state index contributed by atoms with van der Waals surface area (Å²) in [6.07, 6.45) is 12.5. The first-order valence-corrected chi connectivity index (χ1v) is 18.7. The predicted octanol–water partition coefficient (Wildman–Crippen LogP) is 6.86. The highest BCUT2D eigenvalue weighted by Crippen LogP contribution is 2.38. The van der Waals surface area contributed by atoms with E-state index in [0.29, 0.717) is 16.7 Å². The van der Waals surface area contributed by atoms with Gasteiger partial charge < -0.3 is 14.9 Å². The van der Waals surface area contributed by atoms with Crippen molar-refractivity contribution < 1.29 is 14.5 Å². The van der Waals surface area contributed by atoms with Gasteiger partial charge in [-0.2, -0.15) is 23.5 Å². The molecule has 5 nitrogen and oxygen atoms in total. The number of Topliss-reactive ketones (excluding diaryl/α,β-unsaturated/α-hetero) is 1. The summed E-state index contributed by atoms with van der Waals surface area (Å²) >= 11 is 4.00. The largest absolute Gasteiger partial charge is 0.871 e. The molecule has 7 heteroatoms. The standard InChI is InChI=1S/C38H49N3O2S2/c1-5-7-22-41(23-8-6-2)34-20-16-31(17-21-34)36-37(42)35(38(36)43)30-14-18-33(19-15-30)40(4)25-27-45-29-28-44-26-24-39(3)32-12-10-9-11-13-32/h9-21H,5-8,22-29H2,1-4H3. The fraction of sp³-hybridized carbons (Fsp3) is 0.421. The Morgan fingerprint density at radius 3 is 1.96 bits per heavy atom. The molecule has 0 bridgehead atoms. The number of benzene rings is 2. The molecule has 4 rings (SSSR count). The van der Waals surface area contributed by atoms with Gasteiger partial charge >= 0.3 is 0 Å². The monoisotopic (exact) mass is 643 g/mol. The molecule has 0 saturated carbocycles. The van der Waals surface area contributed by atoms with E-state index in [4.69, 9.17) is 0 Å². The van der Waals surface area contributed by atoms with Crippen LogP contribution in [0.15, 0.2) is 95.8 Å². The molecule has 0 amide bonds. The zero-order valence-electron chi connectivity index (χ0n) is 27.5. The maximum Gasteiger partial charge on any atom is 0.199 e. The van der Waals surface area contributed by atoms with Crippen LogP contribution >= 0.6 is 23.5 Å². The highest BCUT2D eigenvalue weighted by Gasteiger charge is 2.30. The van der Waals surface area contributed by atoms with Gasteiger partial charge in [-0.05, 0) is 60.4 Å². The van der Waals surface area contributed by atoms with E-state index in [1.54, 1.807) is 0 Å². The first-order valence-electron chi connectivity index (χ1n) is 16.4. The van der Waals surface area contributed by atoms with Gasteiger partial charge in [-0.15, -0.1) is 0 Å². The third-order valence-electron chi connectivity index (χ3n) is 8.30.